The summed E-state index contributed by atoms with van der Waals surface area (Å²) in [5, 5.41) is 12.8. The van der Waals surface area contributed by atoms with Gasteiger partial charge >= 0.3 is 0 Å². The Kier molecular flexibility index (Phi) is 5.37. The van der Waals surface area contributed by atoms with E-state index in [1.165, 1.54) is 6.42 Å². The molecular formula is C13H21NO. The van der Waals surface area contributed by atoms with Crippen molar-refractivity contribution in [2.75, 3.05) is 6.61 Å². The van der Waals surface area contributed by atoms with Crippen molar-refractivity contribution in [1.82, 2.24) is 5.32 Å². The van der Waals surface area contributed by atoms with Crippen LogP contribution in [-0.2, 0) is 0 Å². The van der Waals surface area contributed by atoms with Gasteiger partial charge in [0, 0.05) is 6.04 Å². The van der Waals surface area contributed by atoms with E-state index < -0.39 is 0 Å². The zero-order chi connectivity index (χ0) is 11.1. The molecule has 1 aromatic carbocycles. The molecule has 0 aromatic heterocycles. The summed E-state index contributed by atoms with van der Waals surface area (Å²) in [7, 11) is 0. The lowest BCUT2D eigenvalue weighted by Gasteiger charge is -2.21. The molecule has 0 bridgehead atoms. The van der Waals surface area contributed by atoms with Crippen LogP contribution in [-0.4, -0.2) is 17.8 Å². The monoisotopic (exact) mass is 207 g/mol. The van der Waals surface area contributed by atoms with E-state index in [1.807, 2.05) is 30.3 Å². The van der Waals surface area contributed by atoms with Gasteiger partial charge in [0.25, 0.3) is 0 Å². The molecule has 0 heterocycles. The Labute approximate surface area is 92.3 Å². The van der Waals surface area contributed by atoms with Gasteiger partial charge in [0.05, 0.1) is 12.6 Å². The van der Waals surface area contributed by atoms with Crippen LogP contribution in [0, 0.1) is 0 Å². The van der Waals surface area contributed by atoms with E-state index in [0.717, 1.165) is 12.0 Å². The first kappa shape index (κ1) is 12.2. The summed E-state index contributed by atoms with van der Waals surface area (Å²) in [5.74, 6) is 0. The number of aliphatic hydroxyl groups excluding tert-OH is 1. The van der Waals surface area contributed by atoms with Gasteiger partial charge in [-0.2, -0.15) is 0 Å². The fourth-order valence-electron chi connectivity index (χ4n) is 1.80. The molecule has 0 saturated carbocycles. The maximum absolute atomic E-state index is 9.33. The first-order valence-electron chi connectivity index (χ1n) is 5.69. The highest BCUT2D eigenvalue weighted by molar-refractivity contribution is 5.18. The minimum Gasteiger partial charge on any atom is -0.394 e. The maximum atomic E-state index is 9.33. The highest BCUT2D eigenvalue weighted by Crippen LogP contribution is 2.13. The number of benzene rings is 1. The van der Waals surface area contributed by atoms with Crippen molar-refractivity contribution in [1.29, 1.82) is 0 Å². The summed E-state index contributed by atoms with van der Waals surface area (Å²) in [4.78, 5) is 0. The molecule has 1 aromatic rings. The number of hydrogen-bond acceptors (Lipinski definition) is 2. The molecule has 0 spiro atoms. The molecule has 2 atom stereocenters. The van der Waals surface area contributed by atoms with Gasteiger partial charge in [0.1, 0.15) is 0 Å². The Morgan fingerprint density at radius 3 is 2.47 bits per heavy atom. The predicted molar refractivity (Wildman–Crippen MR) is 63.8 cm³/mol. The normalized spacial score (nSPS) is 14.9. The molecule has 0 fully saturated rings. The first-order chi connectivity index (χ1) is 7.27. The van der Waals surface area contributed by atoms with E-state index in [2.05, 4.69) is 19.2 Å². The van der Waals surface area contributed by atoms with Gasteiger partial charge in [-0.1, -0.05) is 43.7 Å². The van der Waals surface area contributed by atoms with Crippen LogP contribution in [0.5, 0.6) is 0 Å². The average Bonchev–Trinajstić information content (AvgIpc) is 2.27. The fraction of sp³-hybridized carbons (Fsp3) is 0.538. The number of hydrogen-bond donors (Lipinski definition) is 2. The van der Waals surface area contributed by atoms with Crippen LogP contribution < -0.4 is 5.32 Å². The maximum Gasteiger partial charge on any atom is 0.0626 e. The molecule has 15 heavy (non-hydrogen) atoms. The summed E-state index contributed by atoms with van der Waals surface area (Å²) in [6.07, 6.45) is 2.31. The summed E-state index contributed by atoms with van der Waals surface area (Å²) in [6.45, 7) is 4.49. The topological polar surface area (TPSA) is 32.3 Å². The lowest BCUT2D eigenvalue weighted by Crippen LogP contribution is -2.32. The van der Waals surface area contributed by atoms with Crippen LogP contribution >= 0.6 is 0 Å². The third kappa shape index (κ3) is 4.02. The van der Waals surface area contributed by atoms with Gasteiger partial charge in [-0.05, 0) is 18.9 Å². The van der Waals surface area contributed by atoms with Crippen LogP contribution in [0.2, 0.25) is 0 Å². The van der Waals surface area contributed by atoms with Crippen LogP contribution in [0.15, 0.2) is 30.3 Å². The Balaban J connectivity index is 2.56. The second-order valence-electron chi connectivity index (χ2n) is 4.00. The van der Waals surface area contributed by atoms with Crippen LogP contribution in [0.1, 0.15) is 38.3 Å². The molecule has 0 saturated heterocycles. The Morgan fingerprint density at radius 1 is 1.27 bits per heavy atom. The number of nitrogens with one attached hydrogen (secondary N) is 1. The van der Waals surface area contributed by atoms with Crippen molar-refractivity contribution in [3.8, 4) is 0 Å². The molecule has 84 valence electrons. The zero-order valence-corrected chi connectivity index (χ0v) is 9.61. The molecule has 0 aliphatic carbocycles. The molecule has 0 amide bonds. The molecule has 1 rings (SSSR count). The highest BCUT2D eigenvalue weighted by Gasteiger charge is 2.11. The quantitative estimate of drug-likeness (QED) is 0.751. The number of aliphatic hydroxyl groups is 1. The third-order valence-corrected chi connectivity index (χ3v) is 2.59. The largest absolute Gasteiger partial charge is 0.394 e. The van der Waals surface area contributed by atoms with Crippen LogP contribution in [0.3, 0.4) is 0 Å². The summed E-state index contributed by atoms with van der Waals surface area (Å²) in [5.41, 5.74) is 1.16. The molecule has 0 aliphatic rings. The second-order valence-corrected chi connectivity index (χ2v) is 4.00. The summed E-state index contributed by atoms with van der Waals surface area (Å²) in [6, 6.07) is 10.6. The lowest BCUT2D eigenvalue weighted by molar-refractivity contribution is 0.233. The molecule has 2 heteroatoms. The van der Waals surface area contributed by atoms with Crippen molar-refractivity contribution in [2.24, 2.45) is 0 Å². The van der Waals surface area contributed by atoms with E-state index in [9.17, 15) is 5.11 Å². The van der Waals surface area contributed by atoms with Crippen molar-refractivity contribution >= 4 is 0 Å². The second kappa shape index (κ2) is 6.59. The van der Waals surface area contributed by atoms with Crippen LogP contribution in [0.4, 0.5) is 0 Å². The smallest absolute Gasteiger partial charge is 0.0626 e. The fourth-order valence-corrected chi connectivity index (χ4v) is 1.80. The molecule has 0 aliphatic heterocycles. The molecule has 2 N–H and O–H groups in total. The average molecular weight is 207 g/mol. The van der Waals surface area contributed by atoms with Crippen LogP contribution in [0.25, 0.3) is 0 Å². The SMILES string of the molecule is CCCC(C)N[C@H](CO)c1ccccc1. The van der Waals surface area contributed by atoms with Crippen molar-refractivity contribution in [2.45, 2.75) is 38.8 Å². The summed E-state index contributed by atoms with van der Waals surface area (Å²) < 4.78 is 0. The van der Waals surface area contributed by atoms with Crippen molar-refractivity contribution in [3.63, 3.8) is 0 Å². The van der Waals surface area contributed by atoms with Gasteiger partial charge in [-0.3, -0.25) is 0 Å². The first-order valence-corrected chi connectivity index (χ1v) is 5.69. The highest BCUT2D eigenvalue weighted by atomic mass is 16.3. The van der Waals surface area contributed by atoms with E-state index in [-0.39, 0.29) is 12.6 Å². The minimum absolute atomic E-state index is 0.0627. The van der Waals surface area contributed by atoms with Crippen molar-refractivity contribution < 1.29 is 5.11 Å². The standard InChI is InChI=1S/C13H21NO/c1-3-7-11(2)14-13(10-15)12-8-5-4-6-9-12/h4-6,8-9,11,13-15H,3,7,10H2,1-2H3/t11?,13-/m1/s1. The Bertz CT molecular complexity index is 260. The minimum atomic E-state index is 0.0627. The Morgan fingerprint density at radius 2 is 1.93 bits per heavy atom. The van der Waals surface area contributed by atoms with E-state index >= 15 is 0 Å². The van der Waals surface area contributed by atoms with E-state index in [1.54, 1.807) is 0 Å². The van der Waals surface area contributed by atoms with Crippen molar-refractivity contribution in [3.05, 3.63) is 35.9 Å². The zero-order valence-electron chi connectivity index (χ0n) is 9.61. The van der Waals surface area contributed by atoms with Gasteiger partial charge < -0.3 is 10.4 Å². The third-order valence-electron chi connectivity index (χ3n) is 2.59. The van der Waals surface area contributed by atoms with E-state index in [4.69, 9.17) is 0 Å². The number of rotatable bonds is 6. The Hall–Kier alpha value is -0.860. The molecule has 0 radical (unpaired) electrons. The molecular weight excluding hydrogens is 186 g/mol. The predicted octanol–water partition coefficient (Wildman–Crippen LogP) is 2.50. The van der Waals surface area contributed by atoms with Gasteiger partial charge in [-0.25, -0.2) is 0 Å². The van der Waals surface area contributed by atoms with Gasteiger partial charge in [-0.15, -0.1) is 0 Å². The lowest BCUT2D eigenvalue weighted by atomic mass is 10.1. The van der Waals surface area contributed by atoms with E-state index in [0.29, 0.717) is 6.04 Å². The van der Waals surface area contributed by atoms with Gasteiger partial charge in [0.15, 0.2) is 0 Å². The molecule has 2 nitrogen and oxygen atoms in total. The summed E-state index contributed by atoms with van der Waals surface area (Å²) >= 11 is 0. The van der Waals surface area contributed by atoms with Gasteiger partial charge in [0.2, 0.25) is 0 Å². The molecule has 1 unspecified atom stereocenters.